The van der Waals surface area contributed by atoms with Crippen LogP contribution in [0.1, 0.15) is 0 Å². The van der Waals surface area contributed by atoms with E-state index in [1.807, 2.05) is 0 Å². The number of carbonyl (C=O) groups is 1. The number of carbonyl (C=O) groups excluding carboxylic acids is 1. The second-order valence-corrected chi connectivity index (χ2v) is 2.92. The lowest BCUT2D eigenvalue weighted by Crippen LogP contribution is -2.32. The Morgan fingerprint density at radius 2 is 2.31 bits per heavy atom. The Labute approximate surface area is 89.4 Å². The largest absolute Gasteiger partial charge is 0.416 e. The summed E-state index contributed by atoms with van der Waals surface area (Å²) in [6.07, 6.45) is -2.69. The molecule has 0 aromatic rings. The van der Waals surface area contributed by atoms with Gasteiger partial charge in [-0.3, -0.25) is 4.79 Å². The first-order chi connectivity index (χ1) is 7.46. The fourth-order valence-electron chi connectivity index (χ4n) is 1.18. The zero-order valence-corrected chi connectivity index (χ0v) is 8.06. The number of amides is 1. The molecule has 0 spiro atoms. The predicted octanol–water partition coefficient (Wildman–Crippen LogP) is 0.602. The van der Waals surface area contributed by atoms with Gasteiger partial charge in [0.1, 0.15) is 6.54 Å². The Balaban J connectivity index is 2.86. The first-order valence-corrected chi connectivity index (χ1v) is 4.33. The summed E-state index contributed by atoms with van der Waals surface area (Å²) in [5, 5.41) is 12.8. The quantitative estimate of drug-likeness (QED) is 0.684. The number of halogens is 3. The number of rotatable bonds is 2. The molecule has 0 saturated carbocycles. The third-order valence-corrected chi connectivity index (χ3v) is 1.84. The van der Waals surface area contributed by atoms with E-state index >= 15 is 0 Å². The Kier molecular flexibility index (Phi) is 3.55. The molecule has 4 nitrogen and oxygen atoms in total. The number of hydrogen-bond acceptors (Lipinski definition) is 3. The lowest BCUT2D eigenvalue weighted by molar-refractivity contribution is -0.119. The Hall–Kier alpha value is -1.97. The molecule has 86 valence electrons. The average Bonchev–Trinajstić information content (AvgIpc) is 2.24. The van der Waals surface area contributed by atoms with Gasteiger partial charge in [-0.2, -0.15) is 18.4 Å². The van der Waals surface area contributed by atoms with Gasteiger partial charge in [0.05, 0.1) is 17.2 Å². The van der Waals surface area contributed by atoms with E-state index in [-0.39, 0.29) is 13.1 Å². The fraction of sp³-hybridized carbons (Fsp3) is 0.333. The zero-order valence-electron chi connectivity index (χ0n) is 8.06. The molecule has 2 N–H and O–H groups in total. The van der Waals surface area contributed by atoms with Crippen LogP contribution < -0.4 is 10.6 Å². The van der Waals surface area contributed by atoms with E-state index in [1.165, 1.54) is 0 Å². The van der Waals surface area contributed by atoms with Gasteiger partial charge in [0.25, 0.3) is 5.91 Å². The first-order valence-electron chi connectivity index (χ1n) is 4.33. The maximum atomic E-state index is 12.5. The minimum absolute atomic E-state index is 0.0177. The highest BCUT2D eigenvalue weighted by atomic mass is 19.4. The smallest absolute Gasteiger partial charge is 0.387 e. The normalized spacial score (nSPS) is 15.4. The van der Waals surface area contributed by atoms with Gasteiger partial charge in [-0.05, 0) is 0 Å². The molecule has 1 heterocycles. The van der Waals surface area contributed by atoms with Crippen LogP contribution in [0.4, 0.5) is 13.2 Å². The van der Waals surface area contributed by atoms with E-state index in [2.05, 4.69) is 10.6 Å². The number of nitriles is 1. The number of hydrogen-bond donors (Lipinski definition) is 2. The number of nitrogens with one attached hydrogen (secondary N) is 2. The molecule has 0 saturated heterocycles. The van der Waals surface area contributed by atoms with Crippen LogP contribution in [0.15, 0.2) is 23.4 Å². The van der Waals surface area contributed by atoms with Gasteiger partial charge < -0.3 is 10.6 Å². The molecule has 0 fully saturated rings. The maximum Gasteiger partial charge on any atom is 0.416 e. The number of dihydropyridines is 1. The minimum Gasteiger partial charge on any atom is -0.387 e. The summed E-state index contributed by atoms with van der Waals surface area (Å²) in [5.74, 6) is -0.919. The van der Waals surface area contributed by atoms with Gasteiger partial charge in [0, 0.05) is 12.7 Å². The van der Waals surface area contributed by atoms with Crippen molar-refractivity contribution in [2.45, 2.75) is 6.18 Å². The highest BCUT2D eigenvalue weighted by molar-refractivity contribution is 5.98. The molecule has 0 bridgehead atoms. The monoisotopic (exact) mass is 231 g/mol. The molecule has 0 aromatic carbocycles. The molecule has 7 heteroatoms. The summed E-state index contributed by atoms with van der Waals surface area (Å²) in [6, 6.07) is 1.61. The summed E-state index contributed by atoms with van der Waals surface area (Å²) in [6.45, 7) is -0.314. The third-order valence-electron chi connectivity index (χ3n) is 1.84. The first kappa shape index (κ1) is 12.1. The highest BCUT2D eigenvalue weighted by Crippen LogP contribution is 2.31. The second kappa shape index (κ2) is 4.70. The Bertz CT molecular complexity index is 390. The SMILES string of the molecule is N#CCNC(=O)C1=CNCC=C1C(F)(F)F. The van der Waals surface area contributed by atoms with E-state index in [9.17, 15) is 18.0 Å². The van der Waals surface area contributed by atoms with Gasteiger partial charge in [-0.15, -0.1) is 0 Å². The minimum atomic E-state index is -4.57. The molecule has 0 aromatic heterocycles. The van der Waals surface area contributed by atoms with Gasteiger partial charge >= 0.3 is 6.18 Å². The average molecular weight is 231 g/mol. The summed E-state index contributed by atoms with van der Waals surface area (Å²) in [7, 11) is 0. The molecule has 0 unspecified atom stereocenters. The Morgan fingerprint density at radius 3 is 2.88 bits per heavy atom. The number of nitrogens with zero attached hydrogens (tertiary/aromatic N) is 1. The van der Waals surface area contributed by atoms with E-state index in [0.717, 1.165) is 12.3 Å². The van der Waals surface area contributed by atoms with Crippen molar-refractivity contribution in [2.75, 3.05) is 13.1 Å². The molecule has 1 aliphatic heterocycles. The van der Waals surface area contributed by atoms with Crippen LogP contribution in [0.2, 0.25) is 0 Å². The molecular formula is C9H8F3N3O. The van der Waals surface area contributed by atoms with E-state index < -0.39 is 23.2 Å². The van der Waals surface area contributed by atoms with Crippen LogP contribution in [0.25, 0.3) is 0 Å². The van der Waals surface area contributed by atoms with Crippen molar-refractivity contribution in [3.05, 3.63) is 23.4 Å². The van der Waals surface area contributed by atoms with Crippen molar-refractivity contribution in [2.24, 2.45) is 0 Å². The predicted molar refractivity (Wildman–Crippen MR) is 48.8 cm³/mol. The molecule has 1 rings (SSSR count). The Morgan fingerprint density at radius 1 is 1.62 bits per heavy atom. The summed E-state index contributed by atoms with van der Waals surface area (Å²) in [4.78, 5) is 11.3. The molecule has 1 aliphatic rings. The van der Waals surface area contributed by atoms with Crippen LogP contribution >= 0.6 is 0 Å². The fourth-order valence-corrected chi connectivity index (χ4v) is 1.18. The van der Waals surface area contributed by atoms with Crippen LogP contribution in [-0.4, -0.2) is 25.2 Å². The van der Waals surface area contributed by atoms with E-state index in [4.69, 9.17) is 5.26 Å². The topological polar surface area (TPSA) is 64.9 Å². The second-order valence-electron chi connectivity index (χ2n) is 2.92. The van der Waals surface area contributed by atoms with Gasteiger partial charge in [0.2, 0.25) is 0 Å². The lowest BCUT2D eigenvalue weighted by atomic mass is 10.0. The van der Waals surface area contributed by atoms with Crippen molar-refractivity contribution < 1.29 is 18.0 Å². The molecule has 1 amide bonds. The molecular weight excluding hydrogens is 223 g/mol. The van der Waals surface area contributed by atoms with Crippen LogP contribution in [0.5, 0.6) is 0 Å². The van der Waals surface area contributed by atoms with Crippen LogP contribution in [0.3, 0.4) is 0 Å². The van der Waals surface area contributed by atoms with Crippen molar-refractivity contribution in [1.29, 1.82) is 5.26 Å². The van der Waals surface area contributed by atoms with Crippen LogP contribution in [0, 0.1) is 11.3 Å². The van der Waals surface area contributed by atoms with Crippen molar-refractivity contribution in [3.63, 3.8) is 0 Å². The molecule has 0 atom stereocenters. The lowest BCUT2D eigenvalue weighted by Gasteiger charge is -2.18. The van der Waals surface area contributed by atoms with E-state index in [1.54, 1.807) is 6.07 Å². The third kappa shape index (κ3) is 2.76. The highest BCUT2D eigenvalue weighted by Gasteiger charge is 2.38. The maximum absolute atomic E-state index is 12.5. The van der Waals surface area contributed by atoms with Gasteiger partial charge in [0.15, 0.2) is 0 Å². The zero-order chi connectivity index (χ0) is 12.2. The molecule has 16 heavy (non-hydrogen) atoms. The summed E-state index contributed by atoms with van der Waals surface area (Å²) >= 11 is 0. The van der Waals surface area contributed by atoms with Crippen LogP contribution in [-0.2, 0) is 4.79 Å². The van der Waals surface area contributed by atoms with Gasteiger partial charge in [-0.1, -0.05) is 6.08 Å². The van der Waals surface area contributed by atoms with Gasteiger partial charge in [-0.25, -0.2) is 0 Å². The molecule has 0 aliphatic carbocycles. The number of alkyl halides is 3. The standard InChI is InChI=1S/C9H8F3N3O/c10-9(11,12)7-1-3-14-5-6(7)8(16)15-4-2-13/h1,5,14H,3-4H2,(H,15,16). The van der Waals surface area contributed by atoms with Crippen molar-refractivity contribution >= 4 is 5.91 Å². The van der Waals surface area contributed by atoms with Crippen molar-refractivity contribution in [1.82, 2.24) is 10.6 Å². The van der Waals surface area contributed by atoms with Crippen molar-refractivity contribution in [3.8, 4) is 6.07 Å². The summed E-state index contributed by atoms with van der Waals surface area (Å²) in [5.41, 5.74) is -1.49. The van der Waals surface area contributed by atoms with E-state index in [0.29, 0.717) is 0 Å². The summed E-state index contributed by atoms with van der Waals surface area (Å²) < 4.78 is 37.5. The molecule has 0 radical (unpaired) electrons.